The third-order valence-electron chi connectivity index (χ3n) is 2.87. The molecule has 0 aliphatic carbocycles. The van der Waals surface area contributed by atoms with Crippen LogP contribution in [0, 0.1) is 10.1 Å². The predicted molar refractivity (Wildman–Crippen MR) is 89.4 cm³/mol. The van der Waals surface area contributed by atoms with Crippen molar-refractivity contribution in [3.05, 3.63) is 63.2 Å². The molecular formula is C14H9ClF3N3O2S. The number of thiocarbonyl (C=S) groups is 1. The average Bonchev–Trinajstić information content (AvgIpc) is 2.48. The number of benzene rings is 2. The van der Waals surface area contributed by atoms with Crippen LogP contribution in [0.2, 0.25) is 5.02 Å². The molecule has 126 valence electrons. The molecule has 0 atom stereocenters. The third-order valence-corrected chi connectivity index (χ3v) is 3.40. The van der Waals surface area contributed by atoms with Crippen molar-refractivity contribution in [2.45, 2.75) is 6.18 Å². The second-order valence-electron chi connectivity index (χ2n) is 4.58. The van der Waals surface area contributed by atoms with Crippen molar-refractivity contribution < 1.29 is 18.1 Å². The molecule has 2 aromatic rings. The maximum Gasteiger partial charge on any atom is 0.417 e. The van der Waals surface area contributed by atoms with Gasteiger partial charge in [-0.25, -0.2) is 0 Å². The fourth-order valence-electron chi connectivity index (χ4n) is 1.78. The van der Waals surface area contributed by atoms with Crippen LogP contribution in [-0.2, 0) is 6.18 Å². The first-order valence-electron chi connectivity index (χ1n) is 6.36. The summed E-state index contributed by atoms with van der Waals surface area (Å²) in [4.78, 5) is 10.0. The zero-order chi connectivity index (χ0) is 17.9. The predicted octanol–water partition coefficient (Wildman–Crippen LogP) is 5.08. The first kappa shape index (κ1) is 18.0. The number of nitro benzene ring substituents is 1. The fourth-order valence-corrected chi connectivity index (χ4v) is 2.24. The molecule has 0 saturated heterocycles. The Morgan fingerprint density at radius 2 is 1.62 bits per heavy atom. The molecule has 10 heteroatoms. The Morgan fingerprint density at radius 3 is 2.17 bits per heavy atom. The minimum absolute atomic E-state index is 0.0271. The Bertz CT molecular complexity index is 782. The van der Waals surface area contributed by atoms with Crippen LogP contribution in [0.5, 0.6) is 0 Å². The molecule has 24 heavy (non-hydrogen) atoms. The van der Waals surface area contributed by atoms with Crippen LogP contribution in [-0.4, -0.2) is 10.0 Å². The van der Waals surface area contributed by atoms with E-state index in [9.17, 15) is 23.3 Å². The molecular weight excluding hydrogens is 367 g/mol. The van der Waals surface area contributed by atoms with Crippen molar-refractivity contribution in [2.24, 2.45) is 0 Å². The van der Waals surface area contributed by atoms with E-state index in [1.165, 1.54) is 30.3 Å². The Morgan fingerprint density at radius 1 is 1.08 bits per heavy atom. The lowest BCUT2D eigenvalue weighted by molar-refractivity contribution is -0.384. The summed E-state index contributed by atoms with van der Waals surface area (Å²) in [5.74, 6) is 0. The topological polar surface area (TPSA) is 67.2 Å². The number of non-ortho nitro benzene ring substituents is 1. The van der Waals surface area contributed by atoms with E-state index in [0.717, 1.165) is 12.1 Å². The van der Waals surface area contributed by atoms with Crippen molar-refractivity contribution in [3.63, 3.8) is 0 Å². The van der Waals surface area contributed by atoms with E-state index >= 15 is 0 Å². The van der Waals surface area contributed by atoms with Gasteiger partial charge in [0.2, 0.25) is 0 Å². The molecule has 0 unspecified atom stereocenters. The number of nitrogens with zero attached hydrogens (tertiary/aromatic N) is 1. The van der Waals surface area contributed by atoms with Crippen LogP contribution in [0.25, 0.3) is 0 Å². The zero-order valence-electron chi connectivity index (χ0n) is 11.7. The molecule has 2 N–H and O–H groups in total. The highest BCUT2D eigenvalue weighted by Crippen LogP contribution is 2.36. The Hall–Kier alpha value is -2.39. The van der Waals surface area contributed by atoms with Crippen LogP contribution in [0.4, 0.5) is 30.2 Å². The van der Waals surface area contributed by atoms with Gasteiger partial charge in [0.05, 0.1) is 15.5 Å². The van der Waals surface area contributed by atoms with Crippen molar-refractivity contribution >= 4 is 46.0 Å². The Labute approximate surface area is 144 Å². The number of alkyl halides is 3. The van der Waals surface area contributed by atoms with Crippen LogP contribution >= 0.6 is 23.8 Å². The van der Waals surface area contributed by atoms with Gasteiger partial charge in [0.25, 0.3) is 5.69 Å². The average molecular weight is 376 g/mol. The van der Waals surface area contributed by atoms with E-state index < -0.39 is 21.7 Å². The zero-order valence-corrected chi connectivity index (χ0v) is 13.3. The third kappa shape index (κ3) is 4.56. The second-order valence-corrected chi connectivity index (χ2v) is 5.39. The van der Waals surface area contributed by atoms with Crippen LogP contribution in [0.3, 0.4) is 0 Å². The van der Waals surface area contributed by atoms with Gasteiger partial charge in [-0.1, -0.05) is 11.6 Å². The SMILES string of the molecule is O=[N+]([O-])c1ccc(NC(=S)Nc2ccc(Cl)c(C(F)(F)F)c2)cc1. The molecule has 0 bridgehead atoms. The minimum atomic E-state index is -4.58. The Kier molecular flexibility index (Phi) is 5.25. The highest BCUT2D eigenvalue weighted by molar-refractivity contribution is 7.80. The van der Waals surface area contributed by atoms with Gasteiger partial charge >= 0.3 is 6.18 Å². The number of nitrogens with one attached hydrogen (secondary N) is 2. The van der Waals surface area contributed by atoms with Gasteiger partial charge in [0.15, 0.2) is 5.11 Å². The molecule has 0 saturated carbocycles. The molecule has 0 heterocycles. The quantitative estimate of drug-likeness (QED) is 0.445. The molecule has 0 amide bonds. The van der Waals surface area contributed by atoms with Crippen molar-refractivity contribution in [1.29, 1.82) is 0 Å². The van der Waals surface area contributed by atoms with E-state index in [4.69, 9.17) is 23.8 Å². The minimum Gasteiger partial charge on any atom is -0.332 e. The molecule has 0 aromatic heterocycles. The van der Waals surface area contributed by atoms with Crippen LogP contribution < -0.4 is 10.6 Å². The first-order chi connectivity index (χ1) is 11.2. The largest absolute Gasteiger partial charge is 0.417 e. The summed E-state index contributed by atoms with van der Waals surface area (Å²) in [6, 6.07) is 8.70. The van der Waals surface area contributed by atoms with Gasteiger partial charge in [-0.05, 0) is 42.5 Å². The summed E-state index contributed by atoms with van der Waals surface area (Å²) >= 11 is 10.5. The summed E-state index contributed by atoms with van der Waals surface area (Å²) in [5.41, 5.74) is -0.520. The van der Waals surface area contributed by atoms with Crippen LogP contribution in [0.15, 0.2) is 42.5 Å². The van der Waals surface area contributed by atoms with E-state index in [-0.39, 0.29) is 16.5 Å². The number of anilines is 2. The summed E-state index contributed by atoms with van der Waals surface area (Å²) < 4.78 is 38.4. The first-order valence-corrected chi connectivity index (χ1v) is 7.14. The number of nitro groups is 1. The van der Waals surface area contributed by atoms with E-state index in [0.29, 0.717) is 5.69 Å². The molecule has 5 nitrogen and oxygen atoms in total. The lowest BCUT2D eigenvalue weighted by atomic mass is 10.2. The lowest BCUT2D eigenvalue weighted by Gasteiger charge is -2.14. The molecule has 0 aliphatic heterocycles. The van der Waals surface area contributed by atoms with Gasteiger partial charge in [-0.3, -0.25) is 10.1 Å². The number of hydrogen-bond acceptors (Lipinski definition) is 3. The number of halogens is 4. The summed E-state index contributed by atoms with van der Waals surface area (Å²) in [5, 5.41) is 15.5. The van der Waals surface area contributed by atoms with Gasteiger partial charge in [0.1, 0.15) is 0 Å². The van der Waals surface area contributed by atoms with Gasteiger partial charge in [-0.2, -0.15) is 13.2 Å². The fraction of sp³-hybridized carbons (Fsp3) is 0.0714. The maximum atomic E-state index is 12.8. The maximum absolute atomic E-state index is 12.8. The van der Waals surface area contributed by atoms with Gasteiger partial charge in [-0.15, -0.1) is 0 Å². The van der Waals surface area contributed by atoms with E-state index in [2.05, 4.69) is 10.6 Å². The highest BCUT2D eigenvalue weighted by Gasteiger charge is 2.33. The highest BCUT2D eigenvalue weighted by atomic mass is 35.5. The molecule has 0 radical (unpaired) electrons. The monoisotopic (exact) mass is 375 g/mol. The second kappa shape index (κ2) is 7.02. The summed E-state index contributed by atoms with van der Waals surface area (Å²) in [6.07, 6.45) is -4.58. The molecule has 0 spiro atoms. The van der Waals surface area contributed by atoms with Crippen LogP contribution in [0.1, 0.15) is 5.56 Å². The van der Waals surface area contributed by atoms with E-state index in [1.54, 1.807) is 0 Å². The molecule has 2 rings (SSSR count). The van der Waals surface area contributed by atoms with Crippen molar-refractivity contribution in [3.8, 4) is 0 Å². The number of hydrogen-bond donors (Lipinski definition) is 2. The van der Waals surface area contributed by atoms with Gasteiger partial charge in [0, 0.05) is 23.5 Å². The normalized spacial score (nSPS) is 11.0. The van der Waals surface area contributed by atoms with Gasteiger partial charge < -0.3 is 10.6 Å². The van der Waals surface area contributed by atoms with Crippen molar-refractivity contribution in [1.82, 2.24) is 0 Å². The summed E-state index contributed by atoms with van der Waals surface area (Å²) in [6.45, 7) is 0. The summed E-state index contributed by atoms with van der Waals surface area (Å²) in [7, 11) is 0. The van der Waals surface area contributed by atoms with E-state index in [1.807, 2.05) is 0 Å². The molecule has 2 aromatic carbocycles. The standard InChI is InChI=1S/C14H9ClF3N3O2S/c15-12-6-3-9(7-11(12)14(16,17)18)20-13(24)19-8-1-4-10(5-2-8)21(22)23/h1-7H,(H2,19,20,24). The van der Waals surface area contributed by atoms with Crippen molar-refractivity contribution in [2.75, 3.05) is 10.6 Å². The number of rotatable bonds is 3. The smallest absolute Gasteiger partial charge is 0.332 e. The molecule has 0 fully saturated rings. The Balaban J connectivity index is 2.08. The lowest BCUT2D eigenvalue weighted by Crippen LogP contribution is -2.19. The molecule has 0 aliphatic rings.